The SMILES string of the molecule is Cc1ccccc1CN(C)c1nnc(C)c(C)c1C#N. The zero-order valence-corrected chi connectivity index (χ0v) is 12.3. The molecule has 20 heavy (non-hydrogen) atoms. The van der Waals surface area contributed by atoms with Crippen LogP contribution in [0, 0.1) is 32.1 Å². The van der Waals surface area contributed by atoms with Crippen LogP contribution in [0.25, 0.3) is 0 Å². The van der Waals surface area contributed by atoms with Gasteiger partial charge in [0.2, 0.25) is 0 Å². The highest BCUT2D eigenvalue weighted by molar-refractivity contribution is 5.57. The van der Waals surface area contributed by atoms with E-state index in [-0.39, 0.29) is 0 Å². The second-order valence-electron chi connectivity index (χ2n) is 5.00. The number of rotatable bonds is 3. The second kappa shape index (κ2) is 5.70. The number of hydrogen-bond acceptors (Lipinski definition) is 4. The molecule has 102 valence electrons. The van der Waals surface area contributed by atoms with Crippen LogP contribution in [-0.4, -0.2) is 17.2 Å². The number of aromatic nitrogens is 2. The zero-order chi connectivity index (χ0) is 14.7. The first-order valence-electron chi connectivity index (χ1n) is 6.54. The first kappa shape index (κ1) is 14.0. The molecular formula is C16H18N4. The molecule has 0 unspecified atom stereocenters. The van der Waals surface area contributed by atoms with Gasteiger partial charge in [-0.25, -0.2) is 0 Å². The number of nitrogens with zero attached hydrogens (tertiary/aromatic N) is 4. The van der Waals surface area contributed by atoms with E-state index in [9.17, 15) is 5.26 Å². The van der Waals surface area contributed by atoms with Crippen LogP contribution < -0.4 is 4.90 Å². The first-order chi connectivity index (χ1) is 9.54. The van der Waals surface area contributed by atoms with Crippen molar-refractivity contribution < 1.29 is 0 Å². The third-order valence-electron chi connectivity index (χ3n) is 3.58. The van der Waals surface area contributed by atoms with Crippen molar-refractivity contribution in [1.29, 1.82) is 5.26 Å². The monoisotopic (exact) mass is 266 g/mol. The van der Waals surface area contributed by atoms with Gasteiger partial charge in [0, 0.05) is 13.6 Å². The fourth-order valence-electron chi connectivity index (χ4n) is 2.11. The fraction of sp³-hybridized carbons (Fsp3) is 0.312. The molecule has 1 heterocycles. The average Bonchev–Trinajstić information content (AvgIpc) is 2.44. The molecule has 0 N–H and O–H groups in total. The summed E-state index contributed by atoms with van der Waals surface area (Å²) in [6, 6.07) is 10.5. The molecule has 0 fully saturated rings. The molecule has 0 spiro atoms. The lowest BCUT2D eigenvalue weighted by Crippen LogP contribution is -2.21. The topological polar surface area (TPSA) is 52.8 Å². The molecule has 0 amide bonds. The van der Waals surface area contributed by atoms with Gasteiger partial charge >= 0.3 is 0 Å². The lowest BCUT2D eigenvalue weighted by atomic mass is 10.1. The molecule has 4 heteroatoms. The molecule has 0 aliphatic carbocycles. The Balaban J connectivity index is 2.36. The van der Waals surface area contributed by atoms with Crippen molar-refractivity contribution in [2.75, 3.05) is 11.9 Å². The van der Waals surface area contributed by atoms with Gasteiger partial charge in [0.1, 0.15) is 11.6 Å². The standard InChI is InChI=1S/C16H18N4/c1-11-7-5-6-8-14(11)10-20(4)16-15(9-17)12(2)13(3)18-19-16/h5-8H,10H2,1-4H3. The average molecular weight is 266 g/mol. The number of benzene rings is 1. The van der Waals surface area contributed by atoms with E-state index in [1.807, 2.05) is 37.9 Å². The zero-order valence-electron chi connectivity index (χ0n) is 12.3. The maximum Gasteiger partial charge on any atom is 0.169 e. The van der Waals surface area contributed by atoms with Gasteiger partial charge in [-0.3, -0.25) is 0 Å². The molecule has 0 saturated carbocycles. The summed E-state index contributed by atoms with van der Waals surface area (Å²) in [6.07, 6.45) is 0. The Labute approximate surface area is 119 Å². The van der Waals surface area contributed by atoms with Crippen LogP contribution in [-0.2, 0) is 6.54 Å². The van der Waals surface area contributed by atoms with E-state index in [0.29, 0.717) is 17.9 Å². The molecule has 0 radical (unpaired) electrons. The van der Waals surface area contributed by atoms with Gasteiger partial charge < -0.3 is 4.90 Å². The smallest absolute Gasteiger partial charge is 0.169 e. The molecule has 0 aliphatic rings. The molecule has 0 saturated heterocycles. The number of nitriles is 1. The minimum Gasteiger partial charge on any atom is -0.353 e. The summed E-state index contributed by atoms with van der Waals surface area (Å²) in [6.45, 7) is 6.57. The van der Waals surface area contributed by atoms with Crippen LogP contribution in [0.5, 0.6) is 0 Å². The van der Waals surface area contributed by atoms with Gasteiger partial charge in [0.05, 0.1) is 5.69 Å². The van der Waals surface area contributed by atoms with Gasteiger partial charge in [0.15, 0.2) is 5.82 Å². The highest BCUT2D eigenvalue weighted by Crippen LogP contribution is 2.22. The Morgan fingerprint density at radius 1 is 1.15 bits per heavy atom. The van der Waals surface area contributed by atoms with Gasteiger partial charge in [-0.2, -0.15) is 10.4 Å². The van der Waals surface area contributed by atoms with Crippen molar-refractivity contribution >= 4 is 5.82 Å². The molecule has 1 aromatic heterocycles. The normalized spacial score (nSPS) is 10.2. The second-order valence-corrected chi connectivity index (χ2v) is 5.00. The van der Waals surface area contributed by atoms with Crippen molar-refractivity contribution in [3.05, 3.63) is 52.2 Å². The summed E-state index contributed by atoms with van der Waals surface area (Å²) in [7, 11) is 1.94. The van der Waals surface area contributed by atoms with E-state index in [2.05, 4.69) is 35.3 Å². The van der Waals surface area contributed by atoms with Crippen molar-refractivity contribution in [2.45, 2.75) is 27.3 Å². The van der Waals surface area contributed by atoms with E-state index in [4.69, 9.17) is 0 Å². The van der Waals surface area contributed by atoms with E-state index in [1.54, 1.807) is 0 Å². The van der Waals surface area contributed by atoms with E-state index in [1.165, 1.54) is 11.1 Å². The minimum absolute atomic E-state index is 0.605. The third-order valence-corrected chi connectivity index (χ3v) is 3.58. The predicted octanol–water partition coefficient (Wildman–Crippen LogP) is 2.91. The number of aryl methyl sites for hydroxylation is 2. The summed E-state index contributed by atoms with van der Waals surface area (Å²) in [4.78, 5) is 1.97. The molecule has 0 bridgehead atoms. The van der Waals surface area contributed by atoms with Crippen molar-refractivity contribution in [2.24, 2.45) is 0 Å². The van der Waals surface area contributed by atoms with Crippen LogP contribution in [0.4, 0.5) is 5.82 Å². The van der Waals surface area contributed by atoms with Crippen LogP contribution in [0.1, 0.15) is 27.9 Å². The van der Waals surface area contributed by atoms with E-state index >= 15 is 0 Å². The summed E-state index contributed by atoms with van der Waals surface area (Å²) in [5.74, 6) is 0.638. The number of anilines is 1. The highest BCUT2D eigenvalue weighted by Gasteiger charge is 2.15. The quantitative estimate of drug-likeness (QED) is 0.857. The molecule has 2 rings (SSSR count). The Morgan fingerprint density at radius 3 is 2.50 bits per heavy atom. The van der Waals surface area contributed by atoms with E-state index < -0.39 is 0 Å². The Morgan fingerprint density at radius 2 is 1.85 bits per heavy atom. The maximum atomic E-state index is 9.35. The summed E-state index contributed by atoms with van der Waals surface area (Å²) in [5.41, 5.74) is 4.76. The van der Waals surface area contributed by atoms with Crippen molar-refractivity contribution in [3.8, 4) is 6.07 Å². The van der Waals surface area contributed by atoms with Gasteiger partial charge in [-0.15, -0.1) is 5.10 Å². The summed E-state index contributed by atoms with van der Waals surface area (Å²) in [5, 5.41) is 17.7. The molecule has 4 nitrogen and oxygen atoms in total. The third kappa shape index (κ3) is 2.62. The van der Waals surface area contributed by atoms with Crippen molar-refractivity contribution in [3.63, 3.8) is 0 Å². The van der Waals surface area contributed by atoms with Crippen LogP contribution in [0.15, 0.2) is 24.3 Å². The molecule has 0 aliphatic heterocycles. The van der Waals surface area contributed by atoms with Crippen LogP contribution in [0.2, 0.25) is 0 Å². The molecule has 1 aromatic carbocycles. The van der Waals surface area contributed by atoms with Gasteiger partial charge in [0.25, 0.3) is 0 Å². The van der Waals surface area contributed by atoms with Crippen molar-refractivity contribution in [1.82, 2.24) is 10.2 Å². The van der Waals surface area contributed by atoms with Gasteiger partial charge in [-0.1, -0.05) is 24.3 Å². The lowest BCUT2D eigenvalue weighted by molar-refractivity contribution is 0.842. The summed E-state index contributed by atoms with van der Waals surface area (Å²) >= 11 is 0. The Hall–Kier alpha value is -2.41. The highest BCUT2D eigenvalue weighted by atomic mass is 15.2. The summed E-state index contributed by atoms with van der Waals surface area (Å²) < 4.78 is 0. The van der Waals surface area contributed by atoms with Crippen LogP contribution >= 0.6 is 0 Å². The maximum absolute atomic E-state index is 9.35. The minimum atomic E-state index is 0.605. The lowest BCUT2D eigenvalue weighted by Gasteiger charge is -2.20. The Kier molecular flexibility index (Phi) is 3.99. The van der Waals surface area contributed by atoms with Gasteiger partial charge in [-0.05, 0) is 37.5 Å². The molecule has 0 atom stereocenters. The fourth-order valence-corrected chi connectivity index (χ4v) is 2.11. The predicted molar refractivity (Wildman–Crippen MR) is 79.5 cm³/mol. The first-order valence-corrected chi connectivity index (χ1v) is 6.54. The van der Waals surface area contributed by atoms with E-state index in [0.717, 1.165) is 11.3 Å². The van der Waals surface area contributed by atoms with Crippen LogP contribution in [0.3, 0.4) is 0 Å². The molecule has 2 aromatic rings. The largest absolute Gasteiger partial charge is 0.353 e. The molecular weight excluding hydrogens is 248 g/mol. The number of hydrogen-bond donors (Lipinski definition) is 0. The Bertz CT molecular complexity index is 671.